The van der Waals surface area contributed by atoms with E-state index in [0.717, 1.165) is 16.7 Å². The first-order chi connectivity index (χ1) is 12.2. The van der Waals surface area contributed by atoms with Crippen LogP contribution in [0.25, 0.3) is 11.1 Å². The number of rotatable bonds is 1. The lowest BCUT2D eigenvalue weighted by atomic mass is 9.77. The van der Waals surface area contributed by atoms with Crippen molar-refractivity contribution in [2.45, 2.75) is 31.4 Å². The Bertz CT molecular complexity index is 951. The molecule has 2 aliphatic rings. The first-order valence-electron chi connectivity index (χ1n) is 8.55. The highest BCUT2D eigenvalue weighted by molar-refractivity contribution is 6.07. The van der Waals surface area contributed by atoms with Gasteiger partial charge in [0.2, 0.25) is 0 Å². The molecule has 1 spiro atoms. The molecule has 0 aromatic heterocycles. The van der Waals surface area contributed by atoms with Gasteiger partial charge >= 0.3 is 0 Å². The summed E-state index contributed by atoms with van der Waals surface area (Å²) in [5, 5.41) is 0. The maximum absolute atomic E-state index is 13.1. The number of nitrogens with two attached hydrogens (primary N) is 2. The second-order valence-electron chi connectivity index (χ2n) is 7.57. The van der Waals surface area contributed by atoms with Crippen molar-refractivity contribution in [3.63, 3.8) is 0 Å². The number of hydrogen-bond donors (Lipinski definition) is 2. The molecule has 4 rings (SSSR count). The number of benzene rings is 2. The van der Waals surface area contributed by atoms with E-state index < -0.39 is 11.1 Å². The molecule has 2 aliphatic heterocycles. The van der Waals surface area contributed by atoms with Crippen molar-refractivity contribution >= 4 is 17.6 Å². The fourth-order valence-corrected chi connectivity index (χ4v) is 3.88. The summed E-state index contributed by atoms with van der Waals surface area (Å²) in [6, 6.07) is 13.5. The lowest BCUT2D eigenvalue weighted by Crippen LogP contribution is -2.49. The zero-order valence-corrected chi connectivity index (χ0v) is 15.1. The first kappa shape index (κ1) is 16.4. The molecule has 0 fully saturated rings. The molecule has 26 heavy (non-hydrogen) atoms. The molecule has 134 valence electrons. The molecule has 6 nitrogen and oxygen atoms in total. The second kappa shape index (κ2) is 5.24. The fourth-order valence-electron chi connectivity index (χ4n) is 3.88. The summed E-state index contributed by atoms with van der Waals surface area (Å²) in [7, 11) is 1.65. The van der Waals surface area contributed by atoms with Crippen molar-refractivity contribution in [2.24, 2.45) is 10.7 Å². The third-order valence-electron chi connectivity index (χ3n) is 5.02. The van der Waals surface area contributed by atoms with Gasteiger partial charge in [-0.05, 0) is 49.2 Å². The standard InChI is InChI=1S/C20H22N4O2/c1-19(2)11-20(17(25)24(3)18(22)23-20)15-10-13(7-8-16(15)26-19)12-5-4-6-14(21)9-12/h4-10H,11,21H2,1-3H3,(H2,22,23). The zero-order chi connectivity index (χ0) is 18.7. The van der Waals surface area contributed by atoms with Crippen molar-refractivity contribution in [1.29, 1.82) is 0 Å². The van der Waals surface area contributed by atoms with Crippen LogP contribution in [0.15, 0.2) is 47.5 Å². The number of anilines is 1. The number of carbonyl (C=O) groups excluding carboxylic acids is 1. The molecule has 0 bridgehead atoms. The van der Waals surface area contributed by atoms with Crippen LogP contribution in [-0.4, -0.2) is 29.4 Å². The normalized spacial score (nSPS) is 23.6. The number of carbonyl (C=O) groups is 1. The third-order valence-corrected chi connectivity index (χ3v) is 5.02. The number of ether oxygens (including phenoxy) is 1. The van der Waals surface area contributed by atoms with E-state index in [0.29, 0.717) is 17.9 Å². The molecule has 0 aliphatic carbocycles. The largest absolute Gasteiger partial charge is 0.487 e. The summed E-state index contributed by atoms with van der Waals surface area (Å²) in [4.78, 5) is 19.1. The topological polar surface area (TPSA) is 93.9 Å². The molecule has 0 radical (unpaired) electrons. The highest BCUT2D eigenvalue weighted by Crippen LogP contribution is 2.49. The van der Waals surface area contributed by atoms with E-state index in [1.165, 1.54) is 4.90 Å². The number of nitrogens with zero attached hydrogens (tertiary/aromatic N) is 2. The number of fused-ring (bicyclic) bond motifs is 2. The molecular formula is C20H22N4O2. The van der Waals surface area contributed by atoms with Crippen LogP contribution in [0.1, 0.15) is 25.8 Å². The van der Waals surface area contributed by atoms with Gasteiger partial charge in [-0.2, -0.15) is 0 Å². The SMILES string of the molecule is CN1C(=O)C2(CC(C)(C)Oc3ccc(-c4cccc(N)c4)cc32)N=C1N. The van der Waals surface area contributed by atoms with Crippen LogP contribution >= 0.6 is 0 Å². The summed E-state index contributed by atoms with van der Waals surface area (Å²) in [5.41, 5.74) is 13.7. The number of hydrogen-bond acceptors (Lipinski definition) is 5. The maximum Gasteiger partial charge on any atom is 0.261 e. The number of guanidine groups is 1. The van der Waals surface area contributed by atoms with Crippen molar-refractivity contribution in [3.8, 4) is 16.9 Å². The van der Waals surface area contributed by atoms with Gasteiger partial charge < -0.3 is 16.2 Å². The molecule has 2 aromatic carbocycles. The van der Waals surface area contributed by atoms with Gasteiger partial charge in [0.1, 0.15) is 11.4 Å². The Hall–Kier alpha value is -3.02. The van der Waals surface area contributed by atoms with E-state index in [-0.39, 0.29) is 11.9 Å². The molecule has 1 amide bonds. The Morgan fingerprint density at radius 1 is 1.12 bits per heavy atom. The number of amides is 1. The lowest BCUT2D eigenvalue weighted by Gasteiger charge is -2.41. The van der Waals surface area contributed by atoms with Crippen LogP contribution in [0.4, 0.5) is 5.69 Å². The fraction of sp³-hybridized carbons (Fsp3) is 0.300. The Morgan fingerprint density at radius 2 is 1.85 bits per heavy atom. The van der Waals surface area contributed by atoms with E-state index in [1.54, 1.807) is 7.05 Å². The number of likely N-dealkylation sites (N-methyl/N-ethyl adjacent to an activating group) is 1. The molecule has 1 unspecified atom stereocenters. The monoisotopic (exact) mass is 350 g/mol. The molecular weight excluding hydrogens is 328 g/mol. The average Bonchev–Trinajstić information content (AvgIpc) is 2.78. The van der Waals surface area contributed by atoms with E-state index in [4.69, 9.17) is 16.2 Å². The van der Waals surface area contributed by atoms with Gasteiger partial charge in [0.15, 0.2) is 11.5 Å². The van der Waals surface area contributed by atoms with Crippen LogP contribution in [0, 0.1) is 0 Å². The van der Waals surface area contributed by atoms with Crippen molar-refractivity contribution in [1.82, 2.24) is 4.90 Å². The maximum atomic E-state index is 13.1. The van der Waals surface area contributed by atoms with Crippen molar-refractivity contribution < 1.29 is 9.53 Å². The van der Waals surface area contributed by atoms with Gasteiger partial charge in [-0.15, -0.1) is 0 Å². The molecule has 2 aromatic rings. The molecule has 0 saturated heterocycles. The molecule has 6 heteroatoms. The van der Waals surface area contributed by atoms with Crippen LogP contribution < -0.4 is 16.2 Å². The Labute approximate surface area is 152 Å². The Kier molecular flexibility index (Phi) is 3.31. The molecule has 1 atom stereocenters. The Morgan fingerprint density at radius 3 is 2.50 bits per heavy atom. The van der Waals surface area contributed by atoms with Gasteiger partial charge in [-0.25, -0.2) is 4.99 Å². The molecule has 2 heterocycles. The van der Waals surface area contributed by atoms with Crippen LogP contribution in [-0.2, 0) is 10.3 Å². The van der Waals surface area contributed by atoms with Crippen LogP contribution in [0.3, 0.4) is 0 Å². The summed E-state index contributed by atoms with van der Waals surface area (Å²) >= 11 is 0. The minimum Gasteiger partial charge on any atom is -0.487 e. The minimum absolute atomic E-state index is 0.127. The summed E-state index contributed by atoms with van der Waals surface area (Å²) in [6.07, 6.45) is 0.428. The van der Waals surface area contributed by atoms with Gasteiger partial charge in [0.25, 0.3) is 5.91 Å². The highest BCUT2D eigenvalue weighted by Gasteiger charge is 2.55. The van der Waals surface area contributed by atoms with Gasteiger partial charge in [0, 0.05) is 24.7 Å². The Balaban J connectivity index is 1.93. The smallest absolute Gasteiger partial charge is 0.261 e. The van der Waals surface area contributed by atoms with Crippen molar-refractivity contribution in [2.75, 3.05) is 12.8 Å². The zero-order valence-electron chi connectivity index (χ0n) is 15.1. The summed E-state index contributed by atoms with van der Waals surface area (Å²) < 4.78 is 6.13. The molecule has 0 saturated carbocycles. The van der Waals surface area contributed by atoms with Crippen molar-refractivity contribution in [3.05, 3.63) is 48.0 Å². The quantitative estimate of drug-likeness (QED) is 0.773. The molecule has 4 N–H and O–H groups in total. The second-order valence-corrected chi connectivity index (χ2v) is 7.57. The summed E-state index contributed by atoms with van der Waals surface area (Å²) in [6.45, 7) is 3.92. The lowest BCUT2D eigenvalue weighted by molar-refractivity contribution is -0.133. The van der Waals surface area contributed by atoms with E-state index in [2.05, 4.69) is 4.99 Å². The van der Waals surface area contributed by atoms with Crippen LogP contribution in [0.5, 0.6) is 5.75 Å². The third kappa shape index (κ3) is 2.33. The predicted octanol–water partition coefficient (Wildman–Crippen LogP) is 2.48. The predicted molar refractivity (Wildman–Crippen MR) is 102 cm³/mol. The van der Waals surface area contributed by atoms with Gasteiger partial charge in [-0.1, -0.05) is 18.2 Å². The van der Waals surface area contributed by atoms with Gasteiger partial charge in [0.05, 0.1) is 0 Å². The number of aliphatic imine (C=N–C) groups is 1. The van der Waals surface area contributed by atoms with E-state index in [1.807, 2.05) is 56.3 Å². The van der Waals surface area contributed by atoms with Crippen LogP contribution in [0.2, 0.25) is 0 Å². The van der Waals surface area contributed by atoms with Gasteiger partial charge in [-0.3, -0.25) is 9.69 Å². The summed E-state index contributed by atoms with van der Waals surface area (Å²) in [5.74, 6) is 0.763. The number of nitrogen functional groups attached to an aromatic ring is 1. The first-order valence-corrected chi connectivity index (χ1v) is 8.55. The average molecular weight is 350 g/mol. The van der Waals surface area contributed by atoms with E-state index in [9.17, 15) is 4.79 Å². The minimum atomic E-state index is -1.05. The highest BCUT2D eigenvalue weighted by atomic mass is 16.5. The van der Waals surface area contributed by atoms with E-state index >= 15 is 0 Å².